The van der Waals surface area contributed by atoms with Crippen molar-refractivity contribution in [1.29, 1.82) is 0 Å². The summed E-state index contributed by atoms with van der Waals surface area (Å²) in [4.78, 5) is 18.6. The molecule has 0 bridgehead atoms. The van der Waals surface area contributed by atoms with Crippen LogP contribution in [0.15, 0.2) is 41.2 Å². The third-order valence-corrected chi connectivity index (χ3v) is 4.97. The second-order valence-corrected chi connectivity index (χ2v) is 7.67. The van der Waals surface area contributed by atoms with Crippen molar-refractivity contribution in [3.63, 3.8) is 0 Å². The Balaban J connectivity index is 1.91. The summed E-state index contributed by atoms with van der Waals surface area (Å²) in [5, 5.41) is 0. The molecule has 0 fully saturated rings. The number of hydrogen-bond acceptors (Lipinski definition) is 4. The lowest BCUT2D eigenvalue weighted by atomic mass is 10.1. The maximum atomic E-state index is 11.8. The van der Waals surface area contributed by atoms with Gasteiger partial charge < -0.3 is 9.64 Å². The van der Waals surface area contributed by atoms with Gasteiger partial charge in [0.05, 0.1) is 12.2 Å². The van der Waals surface area contributed by atoms with E-state index in [2.05, 4.69) is 54.2 Å². The van der Waals surface area contributed by atoms with E-state index in [1.54, 1.807) is 0 Å². The van der Waals surface area contributed by atoms with Gasteiger partial charge in [-0.2, -0.15) is 0 Å². The SMILES string of the molecule is CCCCCCc1cccc(N2C=C(CC(C)OC(=O)CCCC)N=CC2)c1. The predicted octanol–water partition coefficient (Wildman–Crippen LogP) is 6.05. The van der Waals surface area contributed by atoms with Crippen molar-refractivity contribution >= 4 is 17.9 Å². The summed E-state index contributed by atoms with van der Waals surface area (Å²) in [6.45, 7) is 7.03. The second-order valence-electron chi connectivity index (χ2n) is 7.67. The average Bonchev–Trinajstić information content (AvgIpc) is 2.70. The fourth-order valence-corrected chi connectivity index (χ4v) is 3.38. The Morgan fingerprint density at radius 3 is 2.79 bits per heavy atom. The van der Waals surface area contributed by atoms with E-state index in [0.717, 1.165) is 31.5 Å². The van der Waals surface area contributed by atoms with Gasteiger partial charge in [0, 0.05) is 30.9 Å². The number of esters is 1. The minimum absolute atomic E-state index is 0.109. The lowest BCUT2D eigenvalue weighted by Crippen LogP contribution is -2.24. The zero-order valence-electron chi connectivity index (χ0n) is 17.8. The number of ether oxygens (including phenoxy) is 1. The zero-order valence-corrected chi connectivity index (χ0v) is 17.8. The average molecular weight is 385 g/mol. The molecule has 0 radical (unpaired) electrons. The number of anilines is 1. The van der Waals surface area contributed by atoms with Gasteiger partial charge >= 0.3 is 5.97 Å². The van der Waals surface area contributed by atoms with Crippen LogP contribution >= 0.6 is 0 Å². The van der Waals surface area contributed by atoms with Crippen molar-refractivity contribution in [2.75, 3.05) is 11.4 Å². The molecule has 1 aliphatic heterocycles. The van der Waals surface area contributed by atoms with Crippen molar-refractivity contribution in [2.24, 2.45) is 4.99 Å². The first-order chi connectivity index (χ1) is 13.6. The maximum Gasteiger partial charge on any atom is 0.306 e. The molecular weight excluding hydrogens is 348 g/mol. The Morgan fingerprint density at radius 2 is 2.00 bits per heavy atom. The number of benzene rings is 1. The van der Waals surface area contributed by atoms with E-state index >= 15 is 0 Å². The van der Waals surface area contributed by atoms with E-state index in [0.29, 0.717) is 12.8 Å². The number of nitrogens with zero attached hydrogens (tertiary/aromatic N) is 2. The summed E-state index contributed by atoms with van der Waals surface area (Å²) in [7, 11) is 0. The molecular formula is C24H36N2O2. The number of aliphatic imine (C=N–C) groups is 1. The second kappa shape index (κ2) is 12.4. The first-order valence-corrected chi connectivity index (χ1v) is 10.9. The van der Waals surface area contributed by atoms with Gasteiger partial charge in [-0.05, 0) is 43.9 Å². The van der Waals surface area contributed by atoms with Crippen LogP contribution in [-0.4, -0.2) is 24.8 Å². The van der Waals surface area contributed by atoms with Crippen LogP contribution in [0.25, 0.3) is 0 Å². The van der Waals surface area contributed by atoms with Crippen molar-refractivity contribution in [2.45, 2.75) is 84.7 Å². The van der Waals surface area contributed by atoms with E-state index in [4.69, 9.17) is 4.74 Å². The normalized spacial score (nSPS) is 14.7. The molecule has 28 heavy (non-hydrogen) atoms. The number of unbranched alkanes of at least 4 members (excludes halogenated alkanes) is 4. The third-order valence-electron chi connectivity index (χ3n) is 4.97. The largest absolute Gasteiger partial charge is 0.462 e. The van der Waals surface area contributed by atoms with Gasteiger partial charge in [0.25, 0.3) is 0 Å². The molecule has 0 saturated carbocycles. The molecule has 1 aromatic rings. The highest BCUT2D eigenvalue weighted by atomic mass is 16.5. The predicted molar refractivity (Wildman–Crippen MR) is 118 cm³/mol. The van der Waals surface area contributed by atoms with Gasteiger partial charge in [0.15, 0.2) is 0 Å². The molecule has 4 heteroatoms. The molecule has 0 N–H and O–H groups in total. The van der Waals surface area contributed by atoms with Gasteiger partial charge in [-0.25, -0.2) is 0 Å². The summed E-state index contributed by atoms with van der Waals surface area (Å²) in [6, 6.07) is 8.79. The van der Waals surface area contributed by atoms with Gasteiger partial charge in [0.2, 0.25) is 0 Å². The highest BCUT2D eigenvalue weighted by Gasteiger charge is 2.15. The summed E-state index contributed by atoms with van der Waals surface area (Å²) >= 11 is 0. The minimum atomic E-state index is -0.155. The summed E-state index contributed by atoms with van der Waals surface area (Å²) in [5.41, 5.74) is 3.55. The molecule has 1 unspecified atom stereocenters. The molecule has 0 spiro atoms. The van der Waals surface area contributed by atoms with Crippen LogP contribution in [0.4, 0.5) is 5.69 Å². The first kappa shape index (κ1) is 22.2. The summed E-state index contributed by atoms with van der Waals surface area (Å²) in [6.07, 6.45) is 13.2. The van der Waals surface area contributed by atoms with Crippen molar-refractivity contribution in [3.8, 4) is 0 Å². The Hall–Kier alpha value is -2.10. The lowest BCUT2D eigenvalue weighted by molar-refractivity contribution is -0.148. The number of carbonyl (C=O) groups excluding carboxylic acids is 1. The van der Waals surface area contributed by atoms with Crippen LogP contribution in [0.5, 0.6) is 0 Å². The van der Waals surface area contributed by atoms with Gasteiger partial charge in [0.1, 0.15) is 6.10 Å². The highest BCUT2D eigenvalue weighted by molar-refractivity contribution is 5.71. The molecule has 0 aromatic heterocycles. The molecule has 154 valence electrons. The first-order valence-electron chi connectivity index (χ1n) is 10.9. The monoisotopic (exact) mass is 384 g/mol. The third kappa shape index (κ3) is 7.87. The topological polar surface area (TPSA) is 41.9 Å². The van der Waals surface area contributed by atoms with Crippen LogP contribution in [0, 0.1) is 0 Å². The van der Waals surface area contributed by atoms with Gasteiger partial charge in [-0.3, -0.25) is 9.79 Å². The molecule has 0 saturated heterocycles. The molecule has 0 amide bonds. The lowest BCUT2D eigenvalue weighted by Gasteiger charge is -2.24. The summed E-state index contributed by atoms with van der Waals surface area (Å²) < 4.78 is 5.51. The van der Waals surface area contributed by atoms with E-state index < -0.39 is 0 Å². The molecule has 1 atom stereocenters. The zero-order chi connectivity index (χ0) is 20.2. The van der Waals surface area contributed by atoms with E-state index in [9.17, 15) is 4.79 Å². The molecule has 1 heterocycles. The van der Waals surface area contributed by atoms with Crippen molar-refractivity contribution in [1.82, 2.24) is 0 Å². The smallest absolute Gasteiger partial charge is 0.306 e. The molecule has 0 aliphatic carbocycles. The van der Waals surface area contributed by atoms with Crippen molar-refractivity contribution < 1.29 is 9.53 Å². The van der Waals surface area contributed by atoms with E-state index in [-0.39, 0.29) is 12.1 Å². The summed E-state index contributed by atoms with van der Waals surface area (Å²) in [5.74, 6) is -0.109. The highest BCUT2D eigenvalue weighted by Crippen LogP contribution is 2.22. The van der Waals surface area contributed by atoms with Gasteiger partial charge in [-0.15, -0.1) is 0 Å². The fraction of sp³-hybridized carbons (Fsp3) is 0.583. The molecule has 4 nitrogen and oxygen atoms in total. The van der Waals surface area contributed by atoms with Crippen LogP contribution in [0.3, 0.4) is 0 Å². The van der Waals surface area contributed by atoms with Gasteiger partial charge in [-0.1, -0.05) is 51.7 Å². The standard InChI is InChI=1S/C24H36N2O2/c1-4-6-8-9-11-21-12-10-13-23(18-21)26-16-15-25-22(19-26)17-20(3)28-24(27)14-7-5-2/h10,12-13,15,18-20H,4-9,11,14,16-17H2,1-3H3. The Labute approximate surface area is 170 Å². The van der Waals surface area contributed by atoms with E-state index in [1.807, 2.05) is 13.1 Å². The quantitative estimate of drug-likeness (QED) is 0.325. The van der Waals surface area contributed by atoms with Crippen LogP contribution in [0.2, 0.25) is 0 Å². The fourth-order valence-electron chi connectivity index (χ4n) is 3.38. The Bertz CT molecular complexity index is 666. The number of rotatable bonds is 12. The minimum Gasteiger partial charge on any atom is -0.462 e. The van der Waals surface area contributed by atoms with Crippen LogP contribution in [0.1, 0.15) is 77.7 Å². The molecule has 1 aromatic carbocycles. The number of aryl methyl sites for hydroxylation is 1. The number of hydrogen-bond donors (Lipinski definition) is 0. The Kier molecular flexibility index (Phi) is 9.81. The Morgan fingerprint density at radius 1 is 1.18 bits per heavy atom. The number of carbonyl (C=O) groups is 1. The van der Waals surface area contributed by atoms with Crippen molar-refractivity contribution in [3.05, 3.63) is 41.7 Å². The van der Waals surface area contributed by atoms with Crippen LogP contribution < -0.4 is 4.90 Å². The maximum absolute atomic E-state index is 11.8. The molecule has 2 rings (SSSR count). The molecule has 1 aliphatic rings. The van der Waals surface area contributed by atoms with Crippen LogP contribution in [-0.2, 0) is 16.0 Å². The van der Waals surface area contributed by atoms with E-state index in [1.165, 1.54) is 36.9 Å².